The molecule has 0 saturated carbocycles. The molecule has 2 aromatic rings. The van der Waals surface area contributed by atoms with E-state index in [1.54, 1.807) is 20.2 Å². The monoisotopic (exact) mass is 323 g/mol. The highest BCUT2D eigenvalue weighted by atomic mass is 35.5. The Morgan fingerprint density at radius 2 is 2.00 bits per heavy atom. The molecule has 6 heteroatoms. The van der Waals surface area contributed by atoms with Gasteiger partial charge >= 0.3 is 5.97 Å². The summed E-state index contributed by atoms with van der Waals surface area (Å²) in [5.41, 5.74) is 0.718. The van der Waals surface area contributed by atoms with Crippen molar-refractivity contribution in [3.05, 3.63) is 40.9 Å². The molecule has 0 fully saturated rings. The zero-order valence-electron chi connectivity index (χ0n) is 11.6. The lowest BCUT2D eigenvalue weighted by Gasteiger charge is -2.20. The van der Waals surface area contributed by atoms with Gasteiger partial charge in [0.25, 0.3) is 0 Å². The van der Waals surface area contributed by atoms with Crippen LogP contribution in [0.2, 0.25) is 5.02 Å². The number of aliphatic carboxylic acids is 1. The first-order valence-corrected chi connectivity index (χ1v) is 6.96. The Balaban J connectivity index is 2.59. The van der Waals surface area contributed by atoms with Gasteiger partial charge in [-0.1, -0.05) is 48.1 Å². The largest absolute Gasteiger partial charge is 0.495 e. The summed E-state index contributed by atoms with van der Waals surface area (Å²) < 4.78 is 5.34. The fourth-order valence-electron chi connectivity index (χ4n) is 2.18. The third-order valence-corrected chi connectivity index (χ3v) is 3.92. The third-order valence-electron chi connectivity index (χ3n) is 3.10. The molecule has 0 spiro atoms. The SMILES string of the molecule is COc1c(Cl)cc(C(=S)N(C)CC(=O)O)c2ccccc12. The minimum atomic E-state index is -0.941. The number of nitrogens with zero attached hydrogens (tertiary/aromatic N) is 1. The van der Waals surface area contributed by atoms with Gasteiger partial charge in [0.15, 0.2) is 0 Å². The van der Waals surface area contributed by atoms with Gasteiger partial charge in [-0.3, -0.25) is 4.79 Å². The van der Waals surface area contributed by atoms with E-state index in [4.69, 9.17) is 33.7 Å². The van der Waals surface area contributed by atoms with Crippen molar-refractivity contribution < 1.29 is 14.6 Å². The summed E-state index contributed by atoms with van der Waals surface area (Å²) in [5, 5.41) is 11.0. The number of ether oxygens (including phenoxy) is 1. The summed E-state index contributed by atoms with van der Waals surface area (Å²) >= 11 is 11.6. The van der Waals surface area contributed by atoms with Gasteiger partial charge in [0.05, 0.1) is 12.1 Å². The lowest BCUT2D eigenvalue weighted by Crippen LogP contribution is -2.31. The number of likely N-dealkylation sites (N-methyl/N-ethyl adjacent to an activating group) is 1. The fraction of sp³-hybridized carbons (Fsp3) is 0.200. The Kier molecular flexibility index (Phi) is 4.65. The average molecular weight is 324 g/mol. The second kappa shape index (κ2) is 6.28. The van der Waals surface area contributed by atoms with Gasteiger partial charge in [0.1, 0.15) is 17.3 Å². The van der Waals surface area contributed by atoms with Gasteiger partial charge in [0, 0.05) is 18.0 Å². The lowest BCUT2D eigenvalue weighted by molar-refractivity contribution is -0.137. The molecule has 0 atom stereocenters. The highest BCUT2D eigenvalue weighted by Gasteiger charge is 2.17. The highest BCUT2D eigenvalue weighted by Crippen LogP contribution is 2.36. The number of fused-ring (bicyclic) bond motifs is 1. The topological polar surface area (TPSA) is 49.8 Å². The van der Waals surface area contributed by atoms with Crippen LogP contribution >= 0.6 is 23.8 Å². The molecule has 0 amide bonds. The summed E-state index contributed by atoms with van der Waals surface area (Å²) in [7, 11) is 3.20. The van der Waals surface area contributed by atoms with Crippen LogP contribution < -0.4 is 4.74 Å². The van der Waals surface area contributed by atoms with Crippen molar-refractivity contribution in [1.29, 1.82) is 0 Å². The maximum atomic E-state index is 10.8. The van der Waals surface area contributed by atoms with Gasteiger partial charge in [-0.05, 0) is 11.5 Å². The maximum Gasteiger partial charge on any atom is 0.323 e. The number of carboxylic acid groups (broad SMARTS) is 1. The van der Waals surface area contributed by atoms with E-state index in [-0.39, 0.29) is 6.54 Å². The summed E-state index contributed by atoms with van der Waals surface area (Å²) in [6.07, 6.45) is 0. The molecule has 2 rings (SSSR count). The van der Waals surface area contributed by atoms with Crippen molar-refractivity contribution in [3.63, 3.8) is 0 Å². The smallest absolute Gasteiger partial charge is 0.323 e. The molecule has 2 aromatic carbocycles. The molecule has 0 aromatic heterocycles. The van der Waals surface area contributed by atoms with E-state index >= 15 is 0 Å². The van der Waals surface area contributed by atoms with Crippen molar-refractivity contribution >= 4 is 45.5 Å². The van der Waals surface area contributed by atoms with Gasteiger partial charge in [-0.2, -0.15) is 0 Å². The molecule has 110 valence electrons. The predicted octanol–water partition coefficient (Wildman–Crippen LogP) is 3.19. The lowest BCUT2D eigenvalue weighted by atomic mass is 10.0. The molecule has 0 radical (unpaired) electrons. The Hall–Kier alpha value is -1.85. The van der Waals surface area contributed by atoms with Crippen molar-refractivity contribution in [2.75, 3.05) is 20.7 Å². The van der Waals surface area contributed by atoms with E-state index < -0.39 is 5.97 Å². The molecule has 0 unspecified atom stereocenters. The molecule has 0 aliphatic rings. The molecule has 21 heavy (non-hydrogen) atoms. The molecule has 0 aliphatic carbocycles. The Morgan fingerprint density at radius 3 is 2.57 bits per heavy atom. The first-order valence-electron chi connectivity index (χ1n) is 6.18. The molecule has 1 N–H and O–H groups in total. The minimum Gasteiger partial charge on any atom is -0.495 e. The highest BCUT2D eigenvalue weighted by molar-refractivity contribution is 7.80. The zero-order valence-corrected chi connectivity index (χ0v) is 13.2. The van der Waals surface area contributed by atoms with E-state index in [9.17, 15) is 4.79 Å². The number of thiocarbonyl (C=S) groups is 1. The average Bonchev–Trinajstić information content (AvgIpc) is 2.45. The van der Waals surface area contributed by atoms with E-state index in [1.165, 1.54) is 4.90 Å². The van der Waals surface area contributed by atoms with Crippen molar-refractivity contribution in [2.45, 2.75) is 0 Å². The number of hydrogen-bond donors (Lipinski definition) is 1. The number of carbonyl (C=O) groups is 1. The summed E-state index contributed by atoms with van der Waals surface area (Å²) in [6, 6.07) is 9.28. The van der Waals surface area contributed by atoms with Crippen LogP contribution in [0.4, 0.5) is 0 Å². The van der Waals surface area contributed by atoms with E-state index in [2.05, 4.69) is 0 Å². The van der Waals surface area contributed by atoms with Crippen molar-refractivity contribution in [3.8, 4) is 5.75 Å². The molecule has 0 saturated heterocycles. The predicted molar refractivity (Wildman–Crippen MR) is 87.5 cm³/mol. The summed E-state index contributed by atoms with van der Waals surface area (Å²) in [6.45, 7) is -0.170. The van der Waals surface area contributed by atoms with E-state index in [0.29, 0.717) is 15.8 Å². The maximum absolute atomic E-state index is 10.8. The van der Waals surface area contributed by atoms with Crippen LogP contribution in [0, 0.1) is 0 Å². The molecule has 0 bridgehead atoms. The van der Waals surface area contributed by atoms with Crippen LogP contribution in [0.1, 0.15) is 5.56 Å². The number of hydrogen-bond acceptors (Lipinski definition) is 3. The van der Waals surface area contributed by atoms with Crippen molar-refractivity contribution in [2.24, 2.45) is 0 Å². The molecular weight excluding hydrogens is 310 g/mol. The van der Waals surface area contributed by atoms with Crippen LogP contribution in [0.5, 0.6) is 5.75 Å². The molecule has 0 heterocycles. The van der Waals surface area contributed by atoms with Crippen LogP contribution in [0.25, 0.3) is 10.8 Å². The number of methoxy groups -OCH3 is 1. The molecule has 4 nitrogen and oxygen atoms in total. The Bertz CT molecular complexity index is 717. The zero-order chi connectivity index (χ0) is 15.6. The molecular formula is C15H14ClNO3S. The number of halogens is 1. The van der Waals surface area contributed by atoms with Crippen LogP contribution in [-0.2, 0) is 4.79 Å². The quantitative estimate of drug-likeness (QED) is 0.876. The van der Waals surface area contributed by atoms with Crippen LogP contribution in [-0.4, -0.2) is 41.7 Å². The third kappa shape index (κ3) is 3.09. The Labute approximate surface area is 132 Å². The second-order valence-corrected chi connectivity index (χ2v) is 5.33. The first kappa shape index (κ1) is 15.5. The van der Waals surface area contributed by atoms with Gasteiger partial charge < -0.3 is 14.7 Å². The van der Waals surface area contributed by atoms with Gasteiger partial charge in [0.2, 0.25) is 0 Å². The van der Waals surface area contributed by atoms with E-state index in [1.807, 2.05) is 24.3 Å². The number of benzene rings is 2. The Morgan fingerprint density at radius 1 is 1.38 bits per heavy atom. The van der Waals surface area contributed by atoms with Crippen LogP contribution in [0.3, 0.4) is 0 Å². The summed E-state index contributed by atoms with van der Waals surface area (Å²) in [5.74, 6) is -0.358. The first-order chi connectivity index (χ1) is 9.95. The number of rotatable bonds is 4. The fourth-order valence-corrected chi connectivity index (χ4v) is 2.70. The summed E-state index contributed by atoms with van der Waals surface area (Å²) in [4.78, 5) is 12.8. The van der Waals surface area contributed by atoms with Gasteiger partial charge in [-0.25, -0.2) is 0 Å². The van der Waals surface area contributed by atoms with Crippen molar-refractivity contribution in [1.82, 2.24) is 4.90 Å². The van der Waals surface area contributed by atoms with E-state index in [0.717, 1.165) is 16.3 Å². The van der Waals surface area contributed by atoms with Gasteiger partial charge in [-0.15, -0.1) is 0 Å². The molecule has 0 aliphatic heterocycles. The van der Waals surface area contributed by atoms with Crippen LogP contribution in [0.15, 0.2) is 30.3 Å². The minimum absolute atomic E-state index is 0.170. The second-order valence-electron chi connectivity index (χ2n) is 4.54. The normalized spacial score (nSPS) is 10.4. The standard InChI is InChI=1S/C15H14ClNO3S/c1-17(8-13(18)19)15(21)11-7-12(16)14(20-2)10-6-4-3-5-9(10)11/h3-7H,8H2,1-2H3,(H,18,19). The number of carboxylic acids is 1.